The molecule has 2 heterocycles. The van der Waals surface area contributed by atoms with Crippen LogP contribution in [-0.2, 0) is 23.7 Å². The van der Waals surface area contributed by atoms with E-state index in [2.05, 4.69) is 79.9 Å². The maximum atomic E-state index is 13.3. The van der Waals surface area contributed by atoms with Gasteiger partial charge in [0.2, 0.25) is 5.91 Å². The van der Waals surface area contributed by atoms with Crippen LogP contribution in [0.1, 0.15) is 284 Å². The largest absolute Gasteiger partial charge is 0.394 e. The Hall–Kier alpha value is -2.57. The van der Waals surface area contributed by atoms with Crippen LogP contribution in [0.2, 0.25) is 0 Å². The van der Waals surface area contributed by atoms with Crippen LogP contribution in [0, 0.1) is 0 Å². The number of rotatable bonds is 57. The normalized spacial score (nSPS) is 23.8. The van der Waals surface area contributed by atoms with Gasteiger partial charge in [0.05, 0.1) is 32.0 Å². The lowest BCUT2D eigenvalue weighted by atomic mass is 9.97. The highest BCUT2D eigenvalue weighted by Crippen LogP contribution is 2.30. The summed E-state index contributed by atoms with van der Waals surface area (Å²) in [7, 11) is 0. The molecular formula is C72H129NO13. The molecule has 0 saturated carbocycles. The van der Waals surface area contributed by atoms with E-state index in [1.165, 1.54) is 186 Å². The molecule has 2 rings (SSSR count). The molecule has 2 aliphatic rings. The first-order valence-electron chi connectivity index (χ1n) is 35.2. The van der Waals surface area contributed by atoms with Crippen molar-refractivity contribution < 1.29 is 64.6 Å². The number of unbranched alkanes of at least 4 members (excludes halogenated alkanes) is 34. The van der Waals surface area contributed by atoms with Crippen LogP contribution in [0.25, 0.3) is 0 Å². The predicted octanol–water partition coefficient (Wildman–Crippen LogP) is 14.2. The number of nitrogens with one attached hydrogen (secondary N) is 1. The number of ether oxygens (including phenoxy) is 4. The van der Waals surface area contributed by atoms with E-state index in [1.807, 2.05) is 6.08 Å². The molecule has 9 N–H and O–H groups in total. The van der Waals surface area contributed by atoms with E-state index < -0.39 is 86.8 Å². The molecule has 2 aliphatic heterocycles. The van der Waals surface area contributed by atoms with Gasteiger partial charge in [0, 0.05) is 6.42 Å². The quantitative estimate of drug-likeness (QED) is 0.0204. The van der Waals surface area contributed by atoms with Gasteiger partial charge in [-0.05, 0) is 64.2 Å². The van der Waals surface area contributed by atoms with Crippen molar-refractivity contribution in [2.45, 2.75) is 357 Å². The summed E-state index contributed by atoms with van der Waals surface area (Å²) >= 11 is 0. The molecule has 14 heteroatoms. The monoisotopic (exact) mass is 1220 g/mol. The Balaban J connectivity index is 1.52. The van der Waals surface area contributed by atoms with Crippen LogP contribution in [0.5, 0.6) is 0 Å². The van der Waals surface area contributed by atoms with Gasteiger partial charge in [0.25, 0.3) is 0 Å². The van der Waals surface area contributed by atoms with Gasteiger partial charge in [-0.2, -0.15) is 0 Å². The van der Waals surface area contributed by atoms with Gasteiger partial charge >= 0.3 is 0 Å². The lowest BCUT2D eigenvalue weighted by molar-refractivity contribution is -0.359. The van der Waals surface area contributed by atoms with Gasteiger partial charge in [0.1, 0.15) is 48.8 Å². The molecule has 0 aromatic rings. The van der Waals surface area contributed by atoms with Crippen LogP contribution < -0.4 is 5.32 Å². The molecule has 12 atom stereocenters. The molecule has 0 aromatic heterocycles. The first-order valence-corrected chi connectivity index (χ1v) is 35.2. The summed E-state index contributed by atoms with van der Waals surface area (Å²) in [5.41, 5.74) is 0. The van der Waals surface area contributed by atoms with Gasteiger partial charge in [-0.3, -0.25) is 4.79 Å². The van der Waals surface area contributed by atoms with Gasteiger partial charge in [-0.25, -0.2) is 0 Å². The van der Waals surface area contributed by atoms with Gasteiger partial charge < -0.3 is 65.1 Å². The summed E-state index contributed by atoms with van der Waals surface area (Å²) in [6.07, 6.45) is 60.0. The molecule has 0 spiro atoms. The summed E-state index contributed by atoms with van der Waals surface area (Å²) in [6, 6.07) is -0.913. The number of allylic oxidation sites excluding steroid dienone is 11. The maximum absolute atomic E-state index is 13.3. The molecule has 12 unspecified atom stereocenters. The highest BCUT2D eigenvalue weighted by atomic mass is 16.7. The van der Waals surface area contributed by atoms with E-state index >= 15 is 0 Å². The van der Waals surface area contributed by atoms with Gasteiger partial charge in [-0.1, -0.05) is 286 Å². The molecule has 2 fully saturated rings. The summed E-state index contributed by atoms with van der Waals surface area (Å²) in [4.78, 5) is 13.3. The first kappa shape index (κ1) is 79.5. The van der Waals surface area contributed by atoms with Crippen molar-refractivity contribution in [3.8, 4) is 0 Å². The molecule has 0 radical (unpaired) electrons. The Morgan fingerprint density at radius 2 is 0.802 bits per heavy atom. The van der Waals surface area contributed by atoms with E-state index in [0.717, 1.165) is 70.6 Å². The Morgan fingerprint density at radius 1 is 0.430 bits per heavy atom. The van der Waals surface area contributed by atoms with Crippen molar-refractivity contribution in [3.05, 3.63) is 72.9 Å². The number of hydrogen-bond acceptors (Lipinski definition) is 13. The minimum absolute atomic E-state index is 0.237. The first-order chi connectivity index (χ1) is 42.1. The fourth-order valence-corrected chi connectivity index (χ4v) is 11.3. The molecule has 1 amide bonds. The van der Waals surface area contributed by atoms with E-state index in [4.69, 9.17) is 18.9 Å². The number of carbonyl (C=O) groups is 1. The molecular weight excluding hydrogens is 1090 g/mol. The zero-order valence-electron chi connectivity index (χ0n) is 54.3. The second-order valence-electron chi connectivity index (χ2n) is 24.6. The van der Waals surface area contributed by atoms with E-state index in [-0.39, 0.29) is 18.9 Å². The summed E-state index contributed by atoms with van der Waals surface area (Å²) in [5.74, 6) is -0.237. The topological polar surface area (TPSA) is 228 Å². The van der Waals surface area contributed by atoms with Gasteiger partial charge in [0.15, 0.2) is 12.6 Å². The zero-order valence-corrected chi connectivity index (χ0v) is 54.3. The van der Waals surface area contributed by atoms with Crippen molar-refractivity contribution in [3.63, 3.8) is 0 Å². The standard InChI is InChI=1S/C72H129NO13/c1-3-5-7-9-11-13-15-16-17-18-19-20-21-22-23-24-25-26-27-28-29-30-31-32-33-34-35-36-37-38-39-40-41-42-43-44-46-48-50-52-54-56-64(77)73-60(61(76)55-53-51-49-47-45-14-12-10-8-6-4-2)59-83-71-69(82)67(80)70(63(58-75)85-71)86-72-68(81)66(79)65(78)62(57-74)84-72/h5,7,11,13,16-17,19-20,22-23,53,55,60-63,65-72,74-76,78-82H,3-4,6,8-10,12,14-15,18,21,24-52,54,56-59H2,1-2H3,(H,73,77)/b7-5-,13-11-,17-16-,20-19-,23-22-,55-53+. The number of carbonyl (C=O) groups excluding carboxylic acids is 1. The average Bonchev–Trinajstić information content (AvgIpc) is 1.60. The smallest absolute Gasteiger partial charge is 0.220 e. The third-order valence-corrected chi connectivity index (χ3v) is 16.9. The number of amides is 1. The van der Waals surface area contributed by atoms with Crippen LogP contribution in [0.4, 0.5) is 0 Å². The van der Waals surface area contributed by atoms with Crippen LogP contribution >= 0.6 is 0 Å². The number of aliphatic hydroxyl groups excluding tert-OH is 8. The van der Waals surface area contributed by atoms with Crippen LogP contribution in [0.3, 0.4) is 0 Å². The Morgan fingerprint density at radius 3 is 1.23 bits per heavy atom. The number of aliphatic hydroxyl groups is 8. The second-order valence-corrected chi connectivity index (χ2v) is 24.6. The Labute approximate surface area is 523 Å². The summed E-state index contributed by atoms with van der Waals surface area (Å²) in [6.45, 7) is 2.68. The Bertz CT molecular complexity index is 1720. The SMILES string of the molecule is CC/C=C\C/C=C\C/C=C\C/C=C\C/C=C\CCCCCCCCCCCCCCCCCCCCCCCCCCCC(=O)NC(COC1OC(CO)C(OC2OC(CO)C(O)C(O)C2O)C(O)C1O)C(O)/C=C/CCCCCCCCCCC. The highest BCUT2D eigenvalue weighted by molar-refractivity contribution is 5.76. The van der Waals surface area contributed by atoms with Crippen molar-refractivity contribution in [1.82, 2.24) is 5.32 Å². The highest BCUT2D eigenvalue weighted by Gasteiger charge is 2.51. The molecule has 0 bridgehead atoms. The van der Waals surface area contributed by atoms with Crippen molar-refractivity contribution in [2.75, 3.05) is 19.8 Å². The predicted molar refractivity (Wildman–Crippen MR) is 350 cm³/mol. The van der Waals surface area contributed by atoms with E-state index in [0.29, 0.717) is 6.42 Å². The minimum Gasteiger partial charge on any atom is -0.394 e. The molecule has 14 nitrogen and oxygen atoms in total. The van der Waals surface area contributed by atoms with E-state index in [9.17, 15) is 45.6 Å². The lowest BCUT2D eigenvalue weighted by Crippen LogP contribution is -2.65. The van der Waals surface area contributed by atoms with Crippen LogP contribution in [-0.4, -0.2) is 140 Å². The van der Waals surface area contributed by atoms with Crippen molar-refractivity contribution in [2.24, 2.45) is 0 Å². The third-order valence-electron chi connectivity index (χ3n) is 16.9. The fraction of sp³-hybridized carbons (Fsp3) is 0.819. The lowest BCUT2D eigenvalue weighted by Gasteiger charge is -2.46. The maximum Gasteiger partial charge on any atom is 0.220 e. The molecule has 86 heavy (non-hydrogen) atoms. The van der Waals surface area contributed by atoms with Crippen LogP contribution in [0.15, 0.2) is 72.9 Å². The van der Waals surface area contributed by atoms with E-state index in [1.54, 1.807) is 6.08 Å². The number of hydrogen-bond donors (Lipinski definition) is 9. The molecule has 0 aliphatic carbocycles. The Kier molecular flexibility index (Phi) is 52.2. The molecule has 0 aromatic carbocycles. The average molecular weight is 1220 g/mol. The summed E-state index contributed by atoms with van der Waals surface area (Å²) in [5, 5.41) is 87.1. The minimum atomic E-state index is -1.79. The second kappa shape index (κ2) is 56.4. The van der Waals surface area contributed by atoms with Crippen molar-refractivity contribution in [1.29, 1.82) is 0 Å². The molecule has 2 saturated heterocycles. The zero-order chi connectivity index (χ0) is 62.3. The fourth-order valence-electron chi connectivity index (χ4n) is 11.3. The van der Waals surface area contributed by atoms with Crippen molar-refractivity contribution >= 4 is 5.91 Å². The molecule has 500 valence electrons. The third kappa shape index (κ3) is 40.2. The summed E-state index contributed by atoms with van der Waals surface area (Å²) < 4.78 is 22.8. The van der Waals surface area contributed by atoms with Gasteiger partial charge in [-0.15, -0.1) is 0 Å².